The van der Waals surface area contributed by atoms with Gasteiger partial charge in [0.05, 0.1) is 12.1 Å². The molecule has 0 aromatic heterocycles. The van der Waals surface area contributed by atoms with Crippen LogP contribution in [0.5, 0.6) is 0 Å². The molecule has 2 fully saturated rings. The van der Waals surface area contributed by atoms with Crippen LogP contribution >= 0.6 is 0 Å². The fourth-order valence-electron chi connectivity index (χ4n) is 3.06. The van der Waals surface area contributed by atoms with Crippen LogP contribution in [0, 0.1) is 0 Å². The summed E-state index contributed by atoms with van der Waals surface area (Å²) < 4.78 is 0. The maximum atomic E-state index is 4.77. The van der Waals surface area contributed by atoms with Crippen molar-refractivity contribution in [3.05, 3.63) is 0 Å². The van der Waals surface area contributed by atoms with E-state index in [9.17, 15) is 0 Å². The van der Waals surface area contributed by atoms with Crippen LogP contribution in [0.15, 0.2) is 4.99 Å². The topological polar surface area (TPSA) is 48.5 Å². The normalized spacial score (nSPS) is 38.5. The van der Waals surface area contributed by atoms with Crippen LogP contribution in [-0.2, 0) is 0 Å². The monoisotopic (exact) mass is 222 g/mol. The number of piperidine rings is 1. The van der Waals surface area contributed by atoms with E-state index in [1.165, 1.54) is 45.1 Å². The second-order valence-corrected chi connectivity index (χ2v) is 5.27. The molecule has 3 N–H and O–H groups in total. The zero-order chi connectivity index (χ0) is 10.8. The van der Waals surface area contributed by atoms with Crippen LogP contribution in [0.2, 0.25) is 0 Å². The Balaban J connectivity index is 1.55. The second kappa shape index (κ2) is 4.62. The molecule has 4 nitrogen and oxygen atoms in total. The molecule has 0 spiro atoms. The molecule has 0 radical (unpaired) electrons. The zero-order valence-corrected chi connectivity index (χ0v) is 9.84. The first-order chi connectivity index (χ1) is 7.92. The molecule has 2 heterocycles. The molecule has 1 saturated heterocycles. The molecule has 3 atom stereocenters. The highest BCUT2D eigenvalue weighted by Gasteiger charge is 2.31. The third kappa shape index (κ3) is 2.17. The number of aliphatic imine (C=N–C) groups is 1. The Morgan fingerprint density at radius 2 is 2.06 bits per heavy atom. The summed E-state index contributed by atoms with van der Waals surface area (Å²) in [6, 6.07) is 1.74. The second-order valence-electron chi connectivity index (χ2n) is 5.27. The van der Waals surface area contributed by atoms with Crippen molar-refractivity contribution in [2.75, 3.05) is 13.1 Å². The SMILES string of the molecule is C1CNCC(NC2=NC3CCCCC3N2)C1. The molecule has 3 aliphatic rings. The van der Waals surface area contributed by atoms with Gasteiger partial charge in [-0.1, -0.05) is 12.8 Å². The van der Waals surface area contributed by atoms with Crippen molar-refractivity contribution < 1.29 is 0 Å². The van der Waals surface area contributed by atoms with Gasteiger partial charge in [-0.25, -0.2) is 4.99 Å². The highest BCUT2D eigenvalue weighted by molar-refractivity contribution is 5.82. The van der Waals surface area contributed by atoms with E-state index in [0.717, 1.165) is 12.5 Å². The van der Waals surface area contributed by atoms with E-state index in [0.29, 0.717) is 18.1 Å². The summed E-state index contributed by atoms with van der Waals surface area (Å²) in [5.74, 6) is 1.06. The Labute approximate surface area is 97.3 Å². The fraction of sp³-hybridized carbons (Fsp3) is 0.917. The number of hydrogen-bond donors (Lipinski definition) is 3. The van der Waals surface area contributed by atoms with Crippen LogP contribution in [0.25, 0.3) is 0 Å². The highest BCUT2D eigenvalue weighted by atomic mass is 15.3. The fourth-order valence-corrected chi connectivity index (χ4v) is 3.06. The average Bonchev–Trinajstić information content (AvgIpc) is 2.72. The molecule has 4 heteroatoms. The first-order valence-electron chi connectivity index (χ1n) is 6.73. The summed E-state index contributed by atoms with van der Waals surface area (Å²) in [7, 11) is 0. The predicted octanol–water partition coefficient (Wildman–Crippen LogP) is 0.598. The predicted molar refractivity (Wildman–Crippen MR) is 65.6 cm³/mol. The number of fused-ring (bicyclic) bond motifs is 1. The van der Waals surface area contributed by atoms with E-state index in [1.807, 2.05) is 0 Å². The van der Waals surface area contributed by atoms with Crippen molar-refractivity contribution >= 4 is 5.96 Å². The summed E-state index contributed by atoms with van der Waals surface area (Å²) in [5.41, 5.74) is 0. The quantitative estimate of drug-likeness (QED) is 0.609. The van der Waals surface area contributed by atoms with Crippen LogP contribution in [0.1, 0.15) is 38.5 Å². The lowest BCUT2D eigenvalue weighted by Gasteiger charge is -2.25. The van der Waals surface area contributed by atoms with Gasteiger partial charge in [0.15, 0.2) is 5.96 Å². The Bertz CT molecular complexity index is 270. The number of hydrogen-bond acceptors (Lipinski definition) is 4. The first kappa shape index (κ1) is 10.4. The lowest BCUT2D eigenvalue weighted by Crippen LogP contribution is -2.50. The molecule has 3 rings (SSSR count). The third-order valence-electron chi connectivity index (χ3n) is 3.98. The molecule has 2 aliphatic heterocycles. The highest BCUT2D eigenvalue weighted by Crippen LogP contribution is 2.24. The van der Waals surface area contributed by atoms with Crippen LogP contribution in [-0.4, -0.2) is 37.2 Å². The van der Waals surface area contributed by atoms with Crippen molar-refractivity contribution in [1.82, 2.24) is 16.0 Å². The van der Waals surface area contributed by atoms with Crippen molar-refractivity contribution in [3.63, 3.8) is 0 Å². The molecule has 0 aromatic rings. The minimum absolute atomic E-state index is 0.549. The Hall–Kier alpha value is -0.770. The average molecular weight is 222 g/mol. The summed E-state index contributed by atoms with van der Waals surface area (Å²) in [5, 5.41) is 10.5. The Morgan fingerprint density at radius 1 is 1.12 bits per heavy atom. The van der Waals surface area contributed by atoms with Crippen molar-refractivity contribution in [2.45, 2.75) is 56.7 Å². The molecule has 90 valence electrons. The van der Waals surface area contributed by atoms with Gasteiger partial charge < -0.3 is 16.0 Å². The number of nitrogens with one attached hydrogen (secondary N) is 3. The lowest BCUT2D eigenvalue weighted by atomic mass is 9.92. The summed E-state index contributed by atoms with van der Waals surface area (Å²) >= 11 is 0. The number of rotatable bonds is 1. The summed E-state index contributed by atoms with van der Waals surface area (Å²) in [6.45, 7) is 2.25. The van der Waals surface area contributed by atoms with Crippen molar-refractivity contribution in [2.24, 2.45) is 4.99 Å². The van der Waals surface area contributed by atoms with Gasteiger partial charge in [0.1, 0.15) is 0 Å². The van der Waals surface area contributed by atoms with Gasteiger partial charge in [-0.3, -0.25) is 0 Å². The summed E-state index contributed by atoms with van der Waals surface area (Å²) in [6.07, 6.45) is 7.82. The molecule has 0 amide bonds. The standard InChI is InChI=1S/C12H22N4/c1-2-6-11-10(5-1)15-12(16-11)14-9-4-3-7-13-8-9/h9-11,13H,1-8H2,(H2,14,15,16). The molecule has 1 aliphatic carbocycles. The first-order valence-corrected chi connectivity index (χ1v) is 6.73. The summed E-state index contributed by atoms with van der Waals surface area (Å²) in [4.78, 5) is 4.77. The molecular formula is C12H22N4. The largest absolute Gasteiger partial charge is 0.352 e. The minimum Gasteiger partial charge on any atom is -0.352 e. The van der Waals surface area contributed by atoms with Gasteiger partial charge in [0.2, 0.25) is 0 Å². The molecule has 3 unspecified atom stereocenters. The third-order valence-corrected chi connectivity index (χ3v) is 3.98. The van der Waals surface area contributed by atoms with Gasteiger partial charge in [0, 0.05) is 12.6 Å². The van der Waals surface area contributed by atoms with Crippen LogP contribution in [0.4, 0.5) is 0 Å². The van der Waals surface area contributed by atoms with E-state index < -0.39 is 0 Å². The van der Waals surface area contributed by atoms with E-state index in [-0.39, 0.29) is 0 Å². The lowest BCUT2D eigenvalue weighted by molar-refractivity contribution is 0.383. The molecular weight excluding hydrogens is 200 g/mol. The number of nitrogens with zero attached hydrogens (tertiary/aromatic N) is 1. The molecule has 16 heavy (non-hydrogen) atoms. The zero-order valence-electron chi connectivity index (χ0n) is 9.84. The molecule has 1 saturated carbocycles. The van der Waals surface area contributed by atoms with E-state index in [4.69, 9.17) is 4.99 Å². The van der Waals surface area contributed by atoms with E-state index in [2.05, 4.69) is 16.0 Å². The molecule has 0 bridgehead atoms. The van der Waals surface area contributed by atoms with Crippen molar-refractivity contribution in [1.29, 1.82) is 0 Å². The maximum absolute atomic E-state index is 4.77. The minimum atomic E-state index is 0.549. The smallest absolute Gasteiger partial charge is 0.192 e. The van der Waals surface area contributed by atoms with Crippen molar-refractivity contribution in [3.8, 4) is 0 Å². The molecule has 0 aromatic carbocycles. The Morgan fingerprint density at radius 3 is 2.88 bits per heavy atom. The van der Waals surface area contributed by atoms with Crippen LogP contribution < -0.4 is 16.0 Å². The van der Waals surface area contributed by atoms with Crippen LogP contribution in [0.3, 0.4) is 0 Å². The van der Waals surface area contributed by atoms with Gasteiger partial charge in [-0.15, -0.1) is 0 Å². The maximum Gasteiger partial charge on any atom is 0.192 e. The van der Waals surface area contributed by atoms with Gasteiger partial charge in [-0.05, 0) is 32.2 Å². The van der Waals surface area contributed by atoms with E-state index in [1.54, 1.807) is 0 Å². The van der Waals surface area contributed by atoms with Gasteiger partial charge in [-0.2, -0.15) is 0 Å². The number of guanidine groups is 1. The Kier molecular flexibility index (Phi) is 3.00. The van der Waals surface area contributed by atoms with Gasteiger partial charge in [0.25, 0.3) is 0 Å². The van der Waals surface area contributed by atoms with Gasteiger partial charge >= 0.3 is 0 Å². The van der Waals surface area contributed by atoms with E-state index >= 15 is 0 Å².